The van der Waals surface area contributed by atoms with E-state index in [0.717, 1.165) is 5.56 Å². The minimum Gasteiger partial charge on any atom is -0.493 e. The fourth-order valence-corrected chi connectivity index (χ4v) is 3.79. The molecule has 0 radical (unpaired) electrons. The Balaban J connectivity index is 1.92. The summed E-state index contributed by atoms with van der Waals surface area (Å²) in [5.74, 6) is 0.489. The van der Waals surface area contributed by atoms with E-state index < -0.39 is 11.9 Å². The first-order valence-corrected chi connectivity index (χ1v) is 11.5. The predicted octanol–water partition coefficient (Wildman–Crippen LogP) is 0.683. The van der Waals surface area contributed by atoms with Crippen LogP contribution in [0.15, 0.2) is 30.6 Å². The summed E-state index contributed by atoms with van der Waals surface area (Å²) in [6.45, 7) is 4.38. The Hall–Kier alpha value is -3.60. The summed E-state index contributed by atoms with van der Waals surface area (Å²) >= 11 is 0. The Bertz CT molecular complexity index is 1040. The number of amides is 3. The van der Waals surface area contributed by atoms with Crippen LogP contribution >= 0.6 is 0 Å². The molecule has 190 valence electrons. The summed E-state index contributed by atoms with van der Waals surface area (Å²) in [7, 11) is 2.96. The number of fused-ring (bicyclic) bond motifs is 4. The molecule has 1 aliphatic rings. The van der Waals surface area contributed by atoms with Crippen molar-refractivity contribution >= 4 is 17.7 Å². The van der Waals surface area contributed by atoms with E-state index in [2.05, 4.69) is 15.6 Å². The topological polar surface area (TPSA) is 124 Å². The largest absolute Gasteiger partial charge is 0.493 e. The van der Waals surface area contributed by atoms with E-state index >= 15 is 0 Å². The number of nitrogens with one attached hydrogen (secondary N) is 2. The number of hydrogen-bond donors (Lipinski definition) is 2. The molecule has 2 aromatic rings. The summed E-state index contributed by atoms with van der Waals surface area (Å²) < 4.78 is 18.3. The zero-order valence-corrected chi connectivity index (χ0v) is 20.6. The smallest absolute Gasteiger partial charge is 0.249 e. The minimum absolute atomic E-state index is 0.116. The highest BCUT2D eigenvalue weighted by atomic mass is 16.5. The van der Waals surface area contributed by atoms with E-state index in [1.54, 1.807) is 19.4 Å². The Morgan fingerprint density at radius 3 is 2.77 bits per heavy atom. The first-order valence-electron chi connectivity index (χ1n) is 11.5. The molecule has 3 amide bonds. The van der Waals surface area contributed by atoms with Gasteiger partial charge in [-0.1, -0.05) is 13.8 Å². The number of rotatable bonds is 4. The lowest BCUT2D eigenvalue weighted by Gasteiger charge is -2.25. The maximum Gasteiger partial charge on any atom is 0.249 e. The van der Waals surface area contributed by atoms with Crippen molar-refractivity contribution in [1.82, 2.24) is 25.1 Å². The lowest BCUT2D eigenvalue weighted by molar-refractivity contribution is -0.140. The molecule has 0 saturated carbocycles. The van der Waals surface area contributed by atoms with Gasteiger partial charge in [0.1, 0.15) is 25.1 Å². The summed E-state index contributed by atoms with van der Waals surface area (Å²) in [5.41, 5.74) is 0.811. The standard InChI is InChI=1S/C24H33N5O6/c1-16(2)22-24(32)26-8-10-28-9-7-25-23(28)17-5-6-18(34-4)19(13-17)35-12-11-29(14-20(30)27-22)21(31)15-33-3/h5-7,9,13,16,22H,8,10-12,14-15H2,1-4H3,(H,26,32)(H,27,30)/t22-/m1/s1. The van der Waals surface area contributed by atoms with Crippen molar-refractivity contribution in [2.45, 2.75) is 26.4 Å². The Labute approximate surface area is 204 Å². The first kappa shape index (κ1) is 26.0. The van der Waals surface area contributed by atoms with Gasteiger partial charge in [0.15, 0.2) is 11.5 Å². The third-order valence-electron chi connectivity index (χ3n) is 5.63. The Morgan fingerprint density at radius 1 is 1.26 bits per heavy atom. The Morgan fingerprint density at radius 2 is 2.06 bits per heavy atom. The maximum absolute atomic E-state index is 12.8. The van der Waals surface area contributed by atoms with Crippen LogP contribution in [-0.2, 0) is 25.7 Å². The predicted molar refractivity (Wildman–Crippen MR) is 128 cm³/mol. The second-order valence-corrected chi connectivity index (χ2v) is 8.49. The monoisotopic (exact) mass is 487 g/mol. The van der Waals surface area contributed by atoms with Crippen LogP contribution in [0, 0.1) is 5.92 Å². The van der Waals surface area contributed by atoms with Gasteiger partial charge >= 0.3 is 0 Å². The quantitative estimate of drug-likeness (QED) is 0.650. The highest BCUT2D eigenvalue weighted by Crippen LogP contribution is 2.32. The number of nitrogens with zero attached hydrogens (tertiary/aromatic N) is 3. The summed E-state index contributed by atoms with van der Waals surface area (Å²) in [5, 5.41) is 5.65. The molecule has 1 aromatic heterocycles. The molecule has 0 saturated heterocycles. The van der Waals surface area contributed by atoms with Crippen LogP contribution in [0.5, 0.6) is 11.5 Å². The van der Waals surface area contributed by atoms with Crippen molar-refractivity contribution in [2.75, 3.05) is 47.1 Å². The molecule has 2 N–H and O–H groups in total. The van der Waals surface area contributed by atoms with Gasteiger partial charge in [-0.2, -0.15) is 0 Å². The molecule has 11 nitrogen and oxygen atoms in total. The van der Waals surface area contributed by atoms with Gasteiger partial charge in [0.25, 0.3) is 0 Å². The van der Waals surface area contributed by atoms with Crippen LogP contribution in [0.1, 0.15) is 13.8 Å². The first-order chi connectivity index (χ1) is 16.8. The fourth-order valence-electron chi connectivity index (χ4n) is 3.79. The number of ether oxygens (including phenoxy) is 3. The summed E-state index contributed by atoms with van der Waals surface area (Å²) in [6.07, 6.45) is 3.53. The molecule has 0 unspecified atom stereocenters. The number of methoxy groups -OCH3 is 2. The van der Waals surface area contributed by atoms with Gasteiger partial charge in [0, 0.05) is 38.2 Å². The Kier molecular flexibility index (Phi) is 9.07. The molecule has 0 aliphatic carbocycles. The van der Waals surface area contributed by atoms with Crippen LogP contribution < -0.4 is 20.1 Å². The highest BCUT2D eigenvalue weighted by molar-refractivity contribution is 5.90. The van der Waals surface area contributed by atoms with Crippen molar-refractivity contribution < 1.29 is 28.6 Å². The second kappa shape index (κ2) is 12.2. The molecule has 0 spiro atoms. The summed E-state index contributed by atoms with van der Waals surface area (Å²) in [4.78, 5) is 44.0. The van der Waals surface area contributed by atoms with E-state index in [1.807, 2.05) is 36.7 Å². The third-order valence-corrected chi connectivity index (χ3v) is 5.63. The van der Waals surface area contributed by atoms with Crippen molar-refractivity contribution in [3.05, 3.63) is 30.6 Å². The second-order valence-electron chi connectivity index (χ2n) is 8.49. The van der Waals surface area contributed by atoms with Crippen molar-refractivity contribution in [1.29, 1.82) is 0 Å². The normalized spacial score (nSPS) is 17.6. The average Bonchev–Trinajstić information content (AvgIpc) is 3.29. The van der Waals surface area contributed by atoms with Crippen molar-refractivity contribution in [3.63, 3.8) is 0 Å². The zero-order chi connectivity index (χ0) is 25.4. The van der Waals surface area contributed by atoms with Crippen LogP contribution in [0.4, 0.5) is 0 Å². The number of imidazole rings is 1. The van der Waals surface area contributed by atoms with Crippen LogP contribution in [0.3, 0.4) is 0 Å². The number of benzene rings is 1. The molecule has 1 atom stereocenters. The number of carbonyl (C=O) groups excluding carboxylic acids is 3. The molecule has 0 fully saturated rings. The average molecular weight is 488 g/mol. The van der Waals surface area contributed by atoms with E-state index in [0.29, 0.717) is 30.4 Å². The van der Waals surface area contributed by atoms with E-state index in [9.17, 15) is 14.4 Å². The van der Waals surface area contributed by atoms with Crippen LogP contribution in [-0.4, -0.2) is 85.3 Å². The van der Waals surface area contributed by atoms with Gasteiger partial charge < -0.3 is 34.3 Å². The van der Waals surface area contributed by atoms with Crippen LogP contribution in [0.25, 0.3) is 11.4 Å². The molecule has 1 aliphatic heterocycles. The van der Waals surface area contributed by atoms with Crippen molar-refractivity contribution in [2.24, 2.45) is 5.92 Å². The van der Waals surface area contributed by atoms with Gasteiger partial charge in [-0.05, 0) is 24.1 Å². The highest BCUT2D eigenvalue weighted by Gasteiger charge is 2.26. The minimum atomic E-state index is -0.740. The van der Waals surface area contributed by atoms with Gasteiger partial charge in [-0.25, -0.2) is 4.98 Å². The lowest BCUT2D eigenvalue weighted by atomic mass is 10.0. The SMILES string of the molecule is COCC(=O)N1CCOc2cc(ccc2OC)-c2nccn2CCNC(=O)[C@@H](C(C)C)NC(=O)C1. The molecule has 2 heterocycles. The van der Waals surface area contributed by atoms with E-state index in [1.165, 1.54) is 12.0 Å². The van der Waals surface area contributed by atoms with Gasteiger partial charge in [-0.3, -0.25) is 14.4 Å². The van der Waals surface area contributed by atoms with E-state index in [-0.39, 0.29) is 44.0 Å². The molecule has 3 rings (SSSR count). The summed E-state index contributed by atoms with van der Waals surface area (Å²) in [6, 6.07) is 4.74. The number of hydrogen-bond acceptors (Lipinski definition) is 7. The van der Waals surface area contributed by atoms with E-state index in [4.69, 9.17) is 14.2 Å². The zero-order valence-electron chi connectivity index (χ0n) is 20.6. The van der Waals surface area contributed by atoms with Gasteiger partial charge in [0.2, 0.25) is 17.7 Å². The maximum atomic E-state index is 12.8. The molecular weight excluding hydrogens is 454 g/mol. The molecule has 11 heteroatoms. The molecular formula is C24H33N5O6. The molecule has 2 bridgehead atoms. The lowest BCUT2D eigenvalue weighted by Crippen LogP contribution is -2.53. The molecule has 35 heavy (non-hydrogen) atoms. The third kappa shape index (κ3) is 6.72. The van der Waals surface area contributed by atoms with Crippen LogP contribution in [0.2, 0.25) is 0 Å². The van der Waals surface area contributed by atoms with Crippen molar-refractivity contribution in [3.8, 4) is 22.9 Å². The van der Waals surface area contributed by atoms with Gasteiger partial charge in [-0.15, -0.1) is 0 Å². The fraction of sp³-hybridized carbons (Fsp3) is 0.500. The van der Waals surface area contributed by atoms with Gasteiger partial charge in [0.05, 0.1) is 20.2 Å². The number of aromatic nitrogens is 2. The number of carbonyl (C=O) groups is 3. The molecule has 1 aromatic carbocycles.